The normalized spacial score (nSPS) is 9.86. The predicted molar refractivity (Wildman–Crippen MR) is 59.2 cm³/mol. The van der Waals surface area contributed by atoms with Crippen molar-refractivity contribution in [1.82, 2.24) is 5.32 Å². The summed E-state index contributed by atoms with van der Waals surface area (Å²) in [5, 5.41) is 12.7. The minimum absolute atomic E-state index is 0.0243. The molecule has 5 heteroatoms. The quantitative estimate of drug-likeness (QED) is 0.833. The molecule has 2 N–H and O–H groups in total. The zero-order valence-electron chi connectivity index (χ0n) is 7.26. The molecule has 1 aromatic rings. The number of phenolic OH excluding ortho intramolecular Hbond substituents is 1. The molecule has 0 unspecified atom stereocenters. The second kappa shape index (κ2) is 5.22. The molecule has 0 heterocycles. The summed E-state index contributed by atoms with van der Waals surface area (Å²) in [4.78, 5) is 11.4. The second-order valence-electron chi connectivity index (χ2n) is 2.61. The lowest BCUT2D eigenvalue weighted by Gasteiger charge is -2.03. The van der Waals surface area contributed by atoms with E-state index in [1.807, 2.05) is 0 Å². The van der Waals surface area contributed by atoms with Gasteiger partial charge in [-0.1, -0.05) is 27.5 Å². The van der Waals surface area contributed by atoms with Crippen LogP contribution in [0.15, 0.2) is 18.2 Å². The Hall–Kier alpha value is -0.740. The molecule has 0 bridgehead atoms. The van der Waals surface area contributed by atoms with Gasteiger partial charge in [-0.25, -0.2) is 0 Å². The van der Waals surface area contributed by atoms with E-state index in [-0.39, 0.29) is 16.7 Å². The van der Waals surface area contributed by atoms with E-state index in [9.17, 15) is 4.79 Å². The Morgan fingerprint density at radius 1 is 1.57 bits per heavy atom. The molecule has 1 amide bonds. The van der Waals surface area contributed by atoms with E-state index >= 15 is 0 Å². The number of phenols is 1. The van der Waals surface area contributed by atoms with E-state index in [2.05, 4.69) is 21.2 Å². The molecule has 14 heavy (non-hydrogen) atoms. The van der Waals surface area contributed by atoms with Crippen molar-refractivity contribution in [3.05, 3.63) is 28.8 Å². The maximum atomic E-state index is 11.4. The molecule has 1 aromatic carbocycles. The molecule has 0 spiro atoms. The largest absolute Gasteiger partial charge is 0.506 e. The minimum Gasteiger partial charge on any atom is -0.506 e. The highest BCUT2D eigenvalue weighted by atomic mass is 79.9. The summed E-state index contributed by atoms with van der Waals surface area (Å²) >= 11 is 8.85. The number of rotatable bonds is 3. The Morgan fingerprint density at radius 2 is 2.29 bits per heavy atom. The summed E-state index contributed by atoms with van der Waals surface area (Å²) in [7, 11) is 0. The number of carbonyl (C=O) groups is 1. The van der Waals surface area contributed by atoms with Crippen molar-refractivity contribution < 1.29 is 9.90 Å². The smallest absolute Gasteiger partial charge is 0.251 e. The third-order valence-electron chi connectivity index (χ3n) is 1.59. The average Bonchev–Trinajstić information content (AvgIpc) is 2.18. The predicted octanol–water partition coefficient (Wildman–Crippen LogP) is 2.17. The summed E-state index contributed by atoms with van der Waals surface area (Å²) in [5.41, 5.74) is 0.439. The van der Waals surface area contributed by atoms with E-state index in [4.69, 9.17) is 16.7 Å². The fraction of sp³-hybridized carbons (Fsp3) is 0.222. The first-order valence-corrected chi connectivity index (χ1v) is 5.47. The summed E-state index contributed by atoms with van der Waals surface area (Å²) in [5.74, 6) is -0.227. The maximum absolute atomic E-state index is 11.4. The number of aromatic hydroxyl groups is 1. The van der Waals surface area contributed by atoms with Crippen LogP contribution in [-0.4, -0.2) is 22.9 Å². The van der Waals surface area contributed by atoms with Crippen molar-refractivity contribution in [3.63, 3.8) is 0 Å². The molecule has 0 saturated heterocycles. The van der Waals surface area contributed by atoms with Crippen molar-refractivity contribution in [2.24, 2.45) is 0 Å². The highest BCUT2D eigenvalue weighted by molar-refractivity contribution is 9.09. The topological polar surface area (TPSA) is 49.3 Å². The first-order valence-electron chi connectivity index (χ1n) is 3.98. The lowest BCUT2D eigenvalue weighted by atomic mass is 10.2. The Balaban J connectivity index is 2.76. The molecule has 0 fully saturated rings. The molecular weight excluding hydrogens is 269 g/mol. The third kappa shape index (κ3) is 2.89. The Bertz CT molecular complexity index is 344. The van der Waals surface area contributed by atoms with Gasteiger partial charge in [0.2, 0.25) is 0 Å². The standard InChI is InChI=1S/C9H9BrClNO2/c10-3-4-12-9(14)6-1-2-8(13)7(11)5-6/h1-2,5,13H,3-4H2,(H,12,14). The monoisotopic (exact) mass is 277 g/mol. The highest BCUT2D eigenvalue weighted by Gasteiger charge is 2.06. The molecule has 0 aromatic heterocycles. The average molecular weight is 279 g/mol. The van der Waals surface area contributed by atoms with Gasteiger partial charge in [0.05, 0.1) is 5.02 Å². The van der Waals surface area contributed by atoms with Crippen LogP contribution in [0.5, 0.6) is 5.75 Å². The fourth-order valence-electron chi connectivity index (χ4n) is 0.911. The Morgan fingerprint density at radius 3 is 2.86 bits per heavy atom. The van der Waals surface area contributed by atoms with Gasteiger partial charge in [0.1, 0.15) is 5.75 Å². The Kier molecular flexibility index (Phi) is 4.22. The van der Waals surface area contributed by atoms with Gasteiger partial charge in [-0.2, -0.15) is 0 Å². The zero-order chi connectivity index (χ0) is 10.6. The van der Waals surface area contributed by atoms with Gasteiger partial charge in [0.15, 0.2) is 0 Å². The van der Waals surface area contributed by atoms with E-state index < -0.39 is 0 Å². The number of nitrogens with one attached hydrogen (secondary N) is 1. The molecule has 0 aliphatic carbocycles. The van der Waals surface area contributed by atoms with Crippen molar-refractivity contribution >= 4 is 33.4 Å². The van der Waals surface area contributed by atoms with Gasteiger partial charge >= 0.3 is 0 Å². The number of alkyl halides is 1. The van der Waals surface area contributed by atoms with Crippen LogP contribution in [0.4, 0.5) is 0 Å². The first kappa shape index (κ1) is 11.3. The van der Waals surface area contributed by atoms with Gasteiger partial charge in [-0.3, -0.25) is 4.79 Å². The van der Waals surface area contributed by atoms with Crippen LogP contribution in [-0.2, 0) is 0 Å². The molecule has 76 valence electrons. The van der Waals surface area contributed by atoms with Crippen LogP contribution in [0.1, 0.15) is 10.4 Å². The van der Waals surface area contributed by atoms with Crippen LogP contribution >= 0.6 is 27.5 Å². The molecule has 0 aliphatic heterocycles. The van der Waals surface area contributed by atoms with Crippen LogP contribution < -0.4 is 5.32 Å². The summed E-state index contributed by atoms with van der Waals surface area (Å²) in [6, 6.07) is 4.34. The zero-order valence-corrected chi connectivity index (χ0v) is 9.60. The van der Waals surface area contributed by atoms with Gasteiger partial charge in [0, 0.05) is 17.4 Å². The Labute approximate surface area is 95.2 Å². The molecule has 0 saturated carbocycles. The van der Waals surface area contributed by atoms with Gasteiger partial charge < -0.3 is 10.4 Å². The number of halogens is 2. The molecule has 0 atom stereocenters. The van der Waals surface area contributed by atoms with E-state index in [0.717, 1.165) is 0 Å². The van der Waals surface area contributed by atoms with E-state index in [0.29, 0.717) is 17.4 Å². The van der Waals surface area contributed by atoms with Crippen LogP contribution in [0.2, 0.25) is 5.02 Å². The maximum Gasteiger partial charge on any atom is 0.251 e. The van der Waals surface area contributed by atoms with Gasteiger partial charge in [-0.15, -0.1) is 0 Å². The van der Waals surface area contributed by atoms with Crippen LogP contribution in [0.3, 0.4) is 0 Å². The van der Waals surface area contributed by atoms with Gasteiger partial charge in [0.25, 0.3) is 5.91 Å². The molecule has 3 nitrogen and oxygen atoms in total. The van der Waals surface area contributed by atoms with Crippen molar-refractivity contribution in [1.29, 1.82) is 0 Å². The molecular formula is C9H9BrClNO2. The second-order valence-corrected chi connectivity index (χ2v) is 3.81. The van der Waals surface area contributed by atoms with Gasteiger partial charge in [-0.05, 0) is 18.2 Å². The van der Waals surface area contributed by atoms with Crippen molar-refractivity contribution in [2.45, 2.75) is 0 Å². The first-order chi connectivity index (χ1) is 6.65. The number of carbonyl (C=O) groups excluding carboxylic acids is 1. The fourth-order valence-corrected chi connectivity index (χ4v) is 1.29. The van der Waals surface area contributed by atoms with E-state index in [1.165, 1.54) is 18.2 Å². The highest BCUT2D eigenvalue weighted by Crippen LogP contribution is 2.23. The number of amides is 1. The van der Waals surface area contributed by atoms with E-state index in [1.54, 1.807) is 0 Å². The summed E-state index contributed by atoms with van der Waals surface area (Å²) in [6.45, 7) is 0.553. The lowest BCUT2D eigenvalue weighted by molar-refractivity contribution is 0.0956. The molecule has 1 rings (SSSR count). The molecule has 0 radical (unpaired) electrons. The van der Waals surface area contributed by atoms with Crippen LogP contribution in [0, 0.1) is 0 Å². The SMILES string of the molecule is O=C(NCCBr)c1ccc(O)c(Cl)c1. The van der Waals surface area contributed by atoms with Crippen LogP contribution in [0.25, 0.3) is 0 Å². The number of hydrogen-bond donors (Lipinski definition) is 2. The number of benzene rings is 1. The third-order valence-corrected chi connectivity index (χ3v) is 2.29. The minimum atomic E-state index is -0.202. The lowest BCUT2D eigenvalue weighted by Crippen LogP contribution is -2.25. The van der Waals surface area contributed by atoms with Crippen molar-refractivity contribution in [2.75, 3.05) is 11.9 Å². The molecule has 0 aliphatic rings. The summed E-state index contributed by atoms with van der Waals surface area (Å²) < 4.78 is 0. The van der Waals surface area contributed by atoms with Crippen molar-refractivity contribution in [3.8, 4) is 5.75 Å². The summed E-state index contributed by atoms with van der Waals surface area (Å²) in [6.07, 6.45) is 0. The number of hydrogen-bond acceptors (Lipinski definition) is 2.